The Hall–Kier alpha value is -0.480. The summed E-state index contributed by atoms with van der Waals surface area (Å²) in [5, 5.41) is 0. The molecule has 1 saturated heterocycles. The summed E-state index contributed by atoms with van der Waals surface area (Å²) in [5.41, 5.74) is 0.812. The van der Waals surface area contributed by atoms with Gasteiger partial charge in [-0.15, -0.1) is 23.2 Å². The normalized spacial score (nSPS) is 33.5. The van der Waals surface area contributed by atoms with Crippen LogP contribution < -0.4 is 4.74 Å². The van der Waals surface area contributed by atoms with Crippen LogP contribution in [0.1, 0.15) is 37.7 Å². The molecule has 0 aromatic heterocycles. The van der Waals surface area contributed by atoms with E-state index in [1.165, 1.54) is 0 Å². The second-order valence-corrected chi connectivity index (χ2v) is 7.74. The topological polar surface area (TPSA) is 27.7 Å². The van der Waals surface area contributed by atoms with E-state index in [-0.39, 0.29) is 17.6 Å². The van der Waals surface area contributed by atoms with Crippen LogP contribution in [0.2, 0.25) is 0 Å². The molecule has 1 saturated carbocycles. The van der Waals surface area contributed by atoms with Gasteiger partial charge in [0.2, 0.25) is 0 Å². The highest BCUT2D eigenvalue weighted by Gasteiger charge is 2.73. The molecule has 1 aromatic rings. The highest BCUT2D eigenvalue weighted by atomic mass is 35.5. The van der Waals surface area contributed by atoms with Gasteiger partial charge in [0, 0.05) is 17.9 Å². The Morgan fingerprint density at radius 3 is 2.55 bits per heavy atom. The Kier molecular flexibility index (Phi) is 4.61. The van der Waals surface area contributed by atoms with Crippen molar-refractivity contribution in [3.8, 4) is 5.75 Å². The van der Waals surface area contributed by atoms with Gasteiger partial charge in [-0.05, 0) is 37.0 Å². The average Bonchev–Trinajstić information content (AvgIpc) is 2.99. The van der Waals surface area contributed by atoms with Crippen LogP contribution in [-0.4, -0.2) is 30.9 Å². The zero-order valence-electron chi connectivity index (χ0n) is 13.0. The molecule has 0 radical (unpaired) electrons. The maximum absolute atomic E-state index is 6.55. The Bertz CT molecular complexity index is 511. The van der Waals surface area contributed by atoms with Gasteiger partial charge in [-0.3, -0.25) is 0 Å². The summed E-state index contributed by atoms with van der Waals surface area (Å²) in [7, 11) is 1.65. The van der Waals surface area contributed by atoms with E-state index in [2.05, 4.69) is 6.92 Å². The molecule has 22 heavy (non-hydrogen) atoms. The minimum Gasteiger partial charge on any atom is -0.497 e. The summed E-state index contributed by atoms with van der Waals surface area (Å²) in [4.78, 5) is 0. The fourth-order valence-electron chi connectivity index (χ4n) is 3.25. The maximum atomic E-state index is 6.55. The van der Waals surface area contributed by atoms with Gasteiger partial charge in [-0.1, -0.05) is 19.1 Å². The summed E-state index contributed by atoms with van der Waals surface area (Å²) in [6.07, 6.45) is 3.09. The van der Waals surface area contributed by atoms with Crippen LogP contribution in [0.5, 0.6) is 5.75 Å². The van der Waals surface area contributed by atoms with E-state index in [1.807, 2.05) is 24.3 Å². The van der Waals surface area contributed by atoms with Crippen molar-refractivity contribution in [1.82, 2.24) is 0 Å². The molecule has 1 aliphatic heterocycles. The molecule has 3 nitrogen and oxygen atoms in total. The molecular weight excluding hydrogens is 323 g/mol. The molecule has 5 heteroatoms. The lowest BCUT2D eigenvalue weighted by Gasteiger charge is -2.24. The Balaban J connectivity index is 1.66. The smallest absolute Gasteiger partial charge is 0.157 e. The number of hydrogen-bond donors (Lipinski definition) is 0. The number of methoxy groups -OCH3 is 1. The largest absolute Gasteiger partial charge is 0.497 e. The molecule has 3 atom stereocenters. The summed E-state index contributed by atoms with van der Waals surface area (Å²) >= 11 is 13.1. The van der Waals surface area contributed by atoms with Crippen LogP contribution in [-0.2, 0) is 9.47 Å². The summed E-state index contributed by atoms with van der Waals surface area (Å²) in [6, 6.07) is 7.91. The summed E-state index contributed by atoms with van der Waals surface area (Å²) in [5.74, 6) is 0.880. The van der Waals surface area contributed by atoms with Crippen molar-refractivity contribution in [2.75, 3.05) is 20.3 Å². The average molecular weight is 345 g/mol. The zero-order valence-corrected chi connectivity index (χ0v) is 14.5. The molecule has 3 rings (SSSR count). The summed E-state index contributed by atoms with van der Waals surface area (Å²) in [6.45, 7) is 3.35. The number of ether oxygens (including phenoxy) is 3. The molecule has 0 spiro atoms. The SMILES string of the molecule is COc1ccc([C@@H]2C(Cl)(Cl)[C@@]2(C)COC2CCCCO2)cc1. The van der Waals surface area contributed by atoms with Gasteiger partial charge < -0.3 is 14.2 Å². The van der Waals surface area contributed by atoms with E-state index in [0.717, 1.165) is 37.2 Å². The van der Waals surface area contributed by atoms with Gasteiger partial charge in [0.05, 0.1) is 13.7 Å². The van der Waals surface area contributed by atoms with Gasteiger partial charge >= 0.3 is 0 Å². The fourth-order valence-corrected chi connectivity index (χ4v) is 4.20. The van der Waals surface area contributed by atoms with Gasteiger partial charge in [0.25, 0.3) is 0 Å². The molecule has 0 bridgehead atoms. The number of rotatable bonds is 5. The molecule has 122 valence electrons. The van der Waals surface area contributed by atoms with E-state index < -0.39 is 4.33 Å². The van der Waals surface area contributed by atoms with Crippen LogP contribution in [0.25, 0.3) is 0 Å². The van der Waals surface area contributed by atoms with Crippen LogP contribution in [0.3, 0.4) is 0 Å². The third-order valence-corrected chi connectivity index (χ3v) is 6.13. The minimum absolute atomic E-state index is 0.0535. The zero-order chi connectivity index (χ0) is 15.8. The summed E-state index contributed by atoms with van der Waals surface area (Å²) < 4.78 is 15.9. The van der Waals surface area contributed by atoms with Gasteiger partial charge in [-0.2, -0.15) is 0 Å². The lowest BCUT2D eigenvalue weighted by Crippen LogP contribution is -2.26. The number of alkyl halides is 2. The molecule has 1 unspecified atom stereocenters. The Labute approximate surface area is 141 Å². The third kappa shape index (κ3) is 2.84. The van der Waals surface area contributed by atoms with Gasteiger partial charge in [0.1, 0.15) is 10.1 Å². The monoisotopic (exact) mass is 344 g/mol. The van der Waals surface area contributed by atoms with E-state index in [0.29, 0.717) is 6.61 Å². The van der Waals surface area contributed by atoms with Crippen LogP contribution in [0.15, 0.2) is 24.3 Å². The predicted molar refractivity (Wildman–Crippen MR) is 87.8 cm³/mol. The lowest BCUT2D eigenvalue weighted by atomic mass is 10.0. The van der Waals surface area contributed by atoms with Crippen molar-refractivity contribution in [3.63, 3.8) is 0 Å². The molecule has 0 amide bonds. The van der Waals surface area contributed by atoms with Gasteiger partial charge in [0.15, 0.2) is 6.29 Å². The Morgan fingerprint density at radius 1 is 1.23 bits per heavy atom. The highest BCUT2D eigenvalue weighted by Crippen LogP contribution is 2.74. The minimum atomic E-state index is -0.809. The Morgan fingerprint density at radius 2 is 1.95 bits per heavy atom. The number of halogens is 2. The van der Waals surface area contributed by atoms with E-state index in [4.69, 9.17) is 37.4 Å². The number of benzene rings is 1. The third-order valence-electron chi connectivity index (χ3n) is 4.83. The number of hydrogen-bond acceptors (Lipinski definition) is 3. The van der Waals surface area contributed by atoms with Gasteiger partial charge in [-0.25, -0.2) is 0 Å². The fraction of sp³-hybridized carbons (Fsp3) is 0.647. The lowest BCUT2D eigenvalue weighted by molar-refractivity contribution is -0.170. The second kappa shape index (κ2) is 6.20. The second-order valence-electron chi connectivity index (χ2n) is 6.35. The molecular formula is C17H22Cl2O3. The predicted octanol–water partition coefficient (Wildman–Crippen LogP) is 4.52. The van der Waals surface area contributed by atoms with Crippen molar-refractivity contribution >= 4 is 23.2 Å². The molecule has 0 N–H and O–H groups in total. The highest BCUT2D eigenvalue weighted by molar-refractivity contribution is 6.52. The van der Waals surface area contributed by atoms with E-state index in [9.17, 15) is 0 Å². The van der Waals surface area contributed by atoms with Crippen molar-refractivity contribution in [2.24, 2.45) is 5.41 Å². The first kappa shape index (κ1) is 16.4. The van der Waals surface area contributed by atoms with Crippen LogP contribution in [0, 0.1) is 5.41 Å². The molecule has 2 fully saturated rings. The quantitative estimate of drug-likeness (QED) is 0.735. The first-order chi connectivity index (χ1) is 10.5. The first-order valence-electron chi connectivity index (χ1n) is 7.74. The van der Waals surface area contributed by atoms with Crippen LogP contribution in [0.4, 0.5) is 0 Å². The molecule has 1 aliphatic carbocycles. The molecule has 1 heterocycles. The van der Waals surface area contributed by atoms with Crippen molar-refractivity contribution in [1.29, 1.82) is 0 Å². The van der Waals surface area contributed by atoms with Crippen LogP contribution >= 0.6 is 23.2 Å². The van der Waals surface area contributed by atoms with Crippen molar-refractivity contribution in [2.45, 2.75) is 42.7 Å². The van der Waals surface area contributed by atoms with E-state index >= 15 is 0 Å². The maximum Gasteiger partial charge on any atom is 0.157 e. The first-order valence-corrected chi connectivity index (χ1v) is 8.49. The van der Waals surface area contributed by atoms with Crippen molar-refractivity contribution < 1.29 is 14.2 Å². The molecule has 2 aliphatic rings. The molecule has 1 aromatic carbocycles. The van der Waals surface area contributed by atoms with E-state index in [1.54, 1.807) is 7.11 Å². The van der Waals surface area contributed by atoms with Crippen molar-refractivity contribution in [3.05, 3.63) is 29.8 Å². The standard InChI is InChI=1S/C17H22Cl2O3/c1-16(11-22-14-5-3-4-10-21-14)15(17(16,18)19)12-6-8-13(20-2)9-7-12/h6-9,14-15H,3-5,10-11H2,1-2H3/t14?,15-,16-/m0/s1.